The molecule has 0 spiro atoms. The molecular weight excluding hydrogens is 418 g/mol. The molecule has 0 radical (unpaired) electrons. The molecule has 2 atom stereocenters. The van der Waals surface area contributed by atoms with Crippen LogP contribution < -0.4 is 0 Å². The predicted molar refractivity (Wildman–Crippen MR) is 127 cm³/mol. The standard InChI is InChI=1S/C26H31N3O2S/c1-26(2,3)31-25(30)21(17-27)18-9-10-24-20(15-18)22(29-13-11-28(4)12-14-29)16-19-7-5-6-8-23(19)32-24/h5-10,15,21-22H,11-14,16H2,1-4H3. The van der Waals surface area contributed by atoms with Crippen molar-refractivity contribution in [2.24, 2.45) is 0 Å². The molecule has 0 bridgehead atoms. The molecule has 168 valence electrons. The first-order chi connectivity index (χ1) is 15.2. The molecular formula is C26H31N3O2S. The molecule has 32 heavy (non-hydrogen) atoms. The van der Waals surface area contributed by atoms with Crippen molar-refractivity contribution in [2.45, 2.75) is 54.5 Å². The van der Waals surface area contributed by atoms with Gasteiger partial charge in [-0.3, -0.25) is 9.69 Å². The van der Waals surface area contributed by atoms with E-state index in [-0.39, 0.29) is 6.04 Å². The molecule has 4 rings (SSSR count). The van der Waals surface area contributed by atoms with Crippen molar-refractivity contribution in [2.75, 3.05) is 33.2 Å². The number of esters is 1. The van der Waals surface area contributed by atoms with E-state index < -0.39 is 17.5 Å². The Morgan fingerprint density at radius 2 is 1.84 bits per heavy atom. The van der Waals surface area contributed by atoms with Crippen molar-refractivity contribution in [1.82, 2.24) is 9.80 Å². The number of fused-ring (bicyclic) bond motifs is 2. The molecule has 0 aromatic heterocycles. The molecule has 0 amide bonds. The molecule has 0 N–H and O–H groups in total. The van der Waals surface area contributed by atoms with Gasteiger partial charge in [0.05, 0.1) is 6.07 Å². The van der Waals surface area contributed by atoms with Gasteiger partial charge in [-0.05, 0) is 63.1 Å². The number of benzene rings is 2. The Morgan fingerprint density at radius 1 is 1.12 bits per heavy atom. The first-order valence-electron chi connectivity index (χ1n) is 11.2. The highest BCUT2D eigenvalue weighted by Gasteiger charge is 2.32. The van der Waals surface area contributed by atoms with E-state index in [9.17, 15) is 10.1 Å². The van der Waals surface area contributed by atoms with Crippen LogP contribution in [0.4, 0.5) is 0 Å². The van der Waals surface area contributed by atoms with Crippen molar-refractivity contribution in [3.63, 3.8) is 0 Å². The van der Waals surface area contributed by atoms with Gasteiger partial charge < -0.3 is 9.64 Å². The van der Waals surface area contributed by atoms with E-state index in [0.717, 1.165) is 32.6 Å². The average molecular weight is 450 g/mol. The maximum atomic E-state index is 12.8. The van der Waals surface area contributed by atoms with E-state index in [4.69, 9.17) is 4.74 Å². The van der Waals surface area contributed by atoms with Crippen molar-refractivity contribution in [1.29, 1.82) is 5.26 Å². The molecule has 2 aromatic carbocycles. The van der Waals surface area contributed by atoms with E-state index >= 15 is 0 Å². The van der Waals surface area contributed by atoms with Crippen molar-refractivity contribution >= 4 is 17.7 Å². The van der Waals surface area contributed by atoms with Crippen LogP contribution in [0.3, 0.4) is 0 Å². The Kier molecular flexibility index (Phi) is 6.62. The molecule has 6 heteroatoms. The fraction of sp³-hybridized carbons (Fsp3) is 0.462. The zero-order valence-electron chi connectivity index (χ0n) is 19.3. The summed E-state index contributed by atoms with van der Waals surface area (Å²) in [4.78, 5) is 20.2. The third kappa shape index (κ3) is 5.01. The zero-order valence-corrected chi connectivity index (χ0v) is 20.1. The highest BCUT2D eigenvalue weighted by molar-refractivity contribution is 7.99. The number of likely N-dealkylation sites (N-methyl/N-ethyl adjacent to an activating group) is 1. The van der Waals surface area contributed by atoms with Crippen LogP contribution in [0.25, 0.3) is 0 Å². The Bertz CT molecular complexity index is 1030. The second-order valence-corrected chi connectivity index (χ2v) is 10.7. The quantitative estimate of drug-likeness (QED) is 0.637. The van der Waals surface area contributed by atoms with Crippen LogP contribution in [0.2, 0.25) is 0 Å². The summed E-state index contributed by atoms with van der Waals surface area (Å²) in [6.07, 6.45) is 0.924. The van der Waals surface area contributed by atoms with Crippen molar-refractivity contribution in [3.8, 4) is 6.07 Å². The SMILES string of the molecule is CN1CCN(C2Cc3ccccc3Sc3ccc(C(C#N)C(=O)OC(C)(C)C)cc32)CC1. The maximum absolute atomic E-state index is 12.8. The van der Waals surface area contributed by atoms with E-state index in [1.165, 1.54) is 20.9 Å². The Hall–Kier alpha value is -2.33. The second-order valence-electron chi connectivity index (χ2n) is 9.66. The minimum Gasteiger partial charge on any atom is -0.459 e. The van der Waals surface area contributed by atoms with Crippen molar-refractivity contribution < 1.29 is 9.53 Å². The molecule has 2 heterocycles. The summed E-state index contributed by atoms with van der Waals surface area (Å²) in [7, 11) is 2.17. The maximum Gasteiger partial charge on any atom is 0.328 e. The average Bonchev–Trinajstić information content (AvgIpc) is 2.90. The summed E-state index contributed by atoms with van der Waals surface area (Å²) in [5.41, 5.74) is 2.64. The van der Waals surface area contributed by atoms with Crippen LogP contribution in [0.1, 0.15) is 49.4 Å². The highest BCUT2D eigenvalue weighted by atomic mass is 32.2. The number of hydrogen-bond donors (Lipinski definition) is 0. The van der Waals surface area contributed by atoms with Crippen LogP contribution in [-0.2, 0) is 16.0 Å². The predicted octanol–water partition coefficient (Wildman–Crippen LogP) is 4.63. The molecule has 2 aliphatic heterocycles. The normalized spacial score (nSPS) is 20.4. The fourth-order valence-corrected chi connectivity index (χ4v) is 5.51. The lowest BCUT2D eigenvalue weighted by Crippen LogP contribution is -2.46. The topological polar surface area (TPSA) is 56.6 Å². The number of carbonyl (C=O) groups is 1. The monoisotopic (exact) mass is 449 g/mol. The van der Waals surface area contributed by atoms with Gasteiger partial charge in [0, 0.05) is 42.0 Å². The Labute approximate surface area is 195 Å². The summed E-state index contributed by atoms with van der Waals surface area (Å²) in [6, 6.07) is 17.1. The van der Waals surface area contributed by atoms with Gasteiger partial charge in [-0.25, -0.2) is 0 Å². The number of piperazine rings is 1. The number of rotatable bonds is 3. The molecule has 2 unspecified atom stereocenters. The van der Waals surface area contributed by atoms with E-state index in [1.54, 1.807) is 11.8 Å². The number of hydrogen-bond acceptors (Lipinski definition) is 6. The second kappa shape index (κ2) is 9.27. The molecule has 0 saturated carbocycles. The van der Waals surface area contributed by atoms with Crippen LogP contribution in [0.5, 0.6) is 0 Å². The smallest absolute Gasteiger partial charge is 0.328 e. The number of ether oxygens (including phenoxy) is 1. The van der Waals surface area contributed by atoms with Gasteiger partial charge in [0.15, 0.2) is 5.92 Å². The first-order valence-corrected chi connectivity index (χ1v) is 12.0. The lowest BCUT2D eigenvalue weighted by molar-refractivity contribution is -0.155. The minimum atomic E-state index is -0.928. The molecule has 2 aromatic rings. The summed E-state index contributed by atoms with van der Waals surface area (Å²) in [5.74, 6) is -1.41. The molecule has 1 saturated heterocycles. The Balaban J connectivity index is 1.73. The summed E-state index contributed by atoms with van der Waals surface area (Å²) >= 11 is 1.78. The van der Waals surface area contributed by atoms with Gasteiger partial charge in [0.1, 0.15) is 5.60 Å². The van der Waals surface area contributed by atoms with Gasteiger partial charge in [-0.1, -0.05) is 42.1 Å². The van der Waals surface area contributed by atoms with Crippen LogP contribution in [0, 0.1) is 11.3 Å². The van der Waals surface area contributed by atoms with Gasteiger partial charge in [0.2, 0.25) is 0 Å². The van der Waals surface area contributed by atoms with Crippen LogP contribution in [0.15, 0.2) is 52.3 Å². The van der Waals surface area contributed by atoms with Crippen LogP contribution in [-0.4, -0.2) is 54.6 Å². The largest absolute Gasteiger partial charge is 0.459 e. The van der Waals surface area contributed by atoms with Gasteiger partial charge in [0.25, 0.3) is 0 Å². The summed E-state index contributed by atoms with van der Waals surface area (Å²) < 4.78 is 5.54. The highest BCUT2D eigenvalue weighted by Crippen LogP contribution is 2.44. The summed E-state index contributed by atoms with van der Waals surface area (Å²) in [6.45, 7) is 9.57. The van der Waals surface area contributed by atoms with Gasteiger partial charge >= 0.3 is 5.97 Å². The van der Waals surface area contributed by atoms with Crippen molar-refractivity contribution in [3.05, 3.63) is 59.2 Å². The molecule has 5 nitrogen and oxygen atoms in total. The Morgan fingerprint density at radius 3 is 2.53 bits per heavy atom. The third-order valence-electron chi connectivity index (χ3n) is 6.08. The third-order valence-corrected chi connectivity index (χ3v) is 7.29. The minimum absolute atomic E-state index is 0.216. The number of carbonyl (C=O) groups excluding carboxylic acids is 1. The number of nitriles is 1. The molecule has 2 aliphatic rings. The van der Waals surface area contributed by atoms with E-state index in [0.29, 0.717) is 5.56 Å². The van der Waals surface area contributed by atoms with Gasteiger partial charge in [-0.2, -0.15) is 5.26 Å². The lowest BCUT2D eigenvalue weighted by atomic mass is 9.92. The van der Waals surface area contributed by atoms with Crippen LogP contribution >= 0.6 is 11.8 Å². The van der Waals surface area contributed by atoms with E-state index in [2.05, 4.69) is 59.3 Å². The fourth-order valence-electron chi connectivity index (χ4n) is 4.39. The molecule has 1 fully saturated rings. The van der Waals surface area contributed by atoms with Gasteiger partial charge in [-0.15, -0.1) is 0 Å². The molecule has 0 aliphatic carbocycles. The zero-order chi connectivity index (χ0) is 22.9. The van der Waals surface area contributed by atoms with E-state index in [1.807, 2.05) is 26.8 Å². The number of nitrogens with zero attached hydrogens (tertiary/aromatic N) is 3. The summed E-state index contributed by atoms with van der Waals surface area (Å²) in [5, 5.41) is 9.82. The first kappa shape index (κ1) is 22.8. The lowest BCUT2D eigenvalue weighted by Gasteiger charge is -2.38.